The molecule has 150 valence electrons. The summed E-state index contributed by atoms with van der Waals surface area (Å²) in [6.45, 7) is 3.78. The Morgan fingerprint density at radius 3 is 2.39 bits per heavy atom. The fraction of sp³-hybridized carbons (Fsp3) is 0.625. The van der Waals surface area contributed by atoms with Gasteiger partial charge in [0.2, 0.25) is 0 Å². The van der Waals surface area contributed by atoms with E-state index in [0.717, 1.165) is 34.6 Å². The van der Waals surface area contributed by atoms with Crippen molar-refractivity contribution in [2.45, 2.75) is 64.3 Å². The van der Waals surface area contributed by atoms with Crippen LogP contribution in [0.2, 0.25) is 0 Å². The average molecular weight is 382 g/mol. The zero-order valence-corrected chi connectivity index (χ0v) is 17.2. The van der Waals surface area contributed by atoms with E-state index >= 15 is 0 Å². The van der Waals surface area contributed by atoms with Crippen molar-refractivity contribution in [3.8, 4) is 11.8 Å². The maximum absolute atomic E-state index is 9.08. The van der Waals surface area contributed by atoms with Crippen LogP contribution in [0.4, 0.5) is 0 Å². The second kappa shape index (κ2) is 7.89. The lowest BCUT2D eigenvalue weighted by molar-refractivity contribution is -0.231. The fourth-order valence-corrected chi connectivity index (χ4v) is 6.30. The molecule has 0 saturated heterocycles. The van der Waals surface area contributed by atoms with Crippen LogP contribution in [0.3, 0.4) is 0 Å². The highest BCUT2D eigenvalue weighted by molar-refractivity contribution is 5.68. The molecular formula is C24H31NO3. The summed E-state index contributed by atoms with van der Waals surface area (Å²) < 4.78 is 17.2. The smallest absolute Gasteiger partial charge is 0.315 e. The molecule has 1 unspecified atom stereocenters. The maximum Gasteiger partial charge on any atom is 0.315 e. The van der Waals surface area contributed by atoms with Crippen molar-refractivity contribution >= 4 is 5.57 Å². The Kier molecular flexibility index (Phi) is 5.49. The van der Waals surface area contributed by atoms with Crippen molar-refractivity contribution < 1.29 is 14.2 Å². The van der Waals surface area contributed by atoms with E-state index in [2.05, 4.69) is 12.1 Å². The highest BCUT2D eigenvalue weighted by atomic mass is 16.8. The summed E-state index contributed by atoms with van der Waals surface area (Å²) in [7, 11) is 1.61. The summed E-state index contributed by atoms with van der Waals surface area (Å²) in [6.07, 6.45) is 9.61. The van der Waals surface area contributed by atoms with Crippen molar-refractivity contribution in [3.05, 3.63) is 35.4 Å². The summed E-state index contributed by atoms with van der Waals surface area (Å²) in [6, 6.07) is 8.52. The van der Waals surface area contributed by atoms with Gasteiger partial charge in [-0.25, -0.2) is 0 Å². The van der Waals surface area contributed by atoms with Crippen LogP contribution >= 0.6 is 0 Å². The molecule has 4 aliphatic carbocycles. The minimum atomic E-state index is -0.695. The van der Waals surface area contributed by atoms with E-state index in [0.29, 0.717) is 6.61 Å². The highest BCUT2D eigenvalue weighted by Crippen LogP contribution is 2.62. The van der Waals surface area contributed by atoms with E-state index in [-0.39, 0.29) is 5.41 Å². The SMILES string of the molecule is CCOC(OC)Oc1ccc(C(C)=CC#N)cc1C12CC3CC(CC(C3)C1)C2. The summed E-state index contributed by atoms with van der Waals surface area (Å²) in [5.41, 5.74) is 3.58. The van der Waals surface area contributed by atoms with Crippen molar-refractivity contribution in [2.75, 3.05) is 13.7 Å². The molecule has 5 rings (SSSR count). The van der Waals surface area contributed by atoms with Crippen LogP contribution in [0, 0.1) is 29.1 Å². The fourth-order valence-electron chi connectivity index (χ4n) is 6.30. The molecule has 4 fully saturated rings. The number of ether oxygens (including phenoxy) is 3. The zero-order chi connectivity index (χ0) is 19.7. The van der Waals surface area contributed by atoms with Gasteiger partial charge in [-0.2, -0.15) is 5.26 Å². The molecule has 0 aliphatic heterocycles. The van der Waals surface area contributed by atoms with Crippen LogP contribution in [0.5, 0.6) is 5.75 Å². The lowest BCUT2D eigenvalue weighted by atomic mass is 9.48. The predicted molar refractivity (Wildman–Crippen MR) is 109 cm³/mol. The number of allylic oxidation sites excluding steroid dienone is 2. The molecule has 0 amide bonds. The number of nitriles is 1. The Morgan fingerprint density at radius 2 is 1.86 bits per heavy atom. The monoisotopic (exact) mass is 381 g/mol. The molecule has 4 heteroatoms. The van der Waals surface area contributed by atoms with Crippen LogP contribution in [0.25, 0.3) is 5.57 Å². The number of nitrogens with zero attached hydrogens (tertiary/aromatic N) is 1. The van der Waals surface area contributed by atoms with E-state index < -0.39 is 6.48 Å². The van der Waals surface area contributed by atoms with Gasteiger partial charge >= 0.3 is 6.48 Å². The first-order chi connectivity index (χ1) is 13.6. The second-order valence-corrected chi connectivity index (χ2v) is 8.96. The lowest BCUT2D eigenvalue weighted by Crippen LogP contribution is -2.48. The Hall–Kier alpha value is -1.83. The maximum atomic E-state index is 9.08. The second-order valence-electron chi connectivity index (χ2n) is 8.96. The Labute approximate surface area is 168 Å². The third-order valence-electron chi connectivity index (χ3n) is 7.04. The van der Waals surface area contributed by atoms with Gasteiger partial charge in [-0.3, -0.25) is 0 Å². The van der Waals surface area contributed by atoms with Crippen LogP contribution < -0.4 is 4.74 Å². The molecule has 4 aliphatic rings. The molecule has 0 heterocycles. The number of rotatable bonds is 7. The average Bonchev–Trinajstić information content (AvgIpc) is 2.67. The van der Waals surface area contributed by atoms with Crippen molar-refractivity contribution in [3.63, 3.8) is 0 Å². The largest absolute Gasteiger partial charge is 0.441 e. The van der Waals surface area contributed by atoms with Gasteiger partial charge in [0.05, 0.1) is 12.7 Å². The molecule has 28 heavy (non-hydrogen) atoms. The Bertz CT molecular complexity index is 756. The molecule has 4 saturated carbocycles. The van der Waals surface area contributed by atoms with E-state index in [9.17, 15) is 0 Å². The highest BCUT2D eigenvalue weighted by Gasteiger charge is 2.52. The molecule has 1 aromatic carbocycles. The molecule has 4 nitrogen and oxygen atoms in total. The Morgan fingerprint density at radius 1 is 1.21 bits per heavy atom. The molecule has 1 aromatic rings. The molecular weight excluding hydrogens is 350 g/mol. The van der Waals surface area contributed by atoms with E-state index in [1.807, 2.05) is 26.0 Å². The molecule has 0 aromatic heterocycles. The van der Waals surface area contributed by atoms with Crippen molar-refractivity contribution in [1.29, 1.82) is 5.26 Å². The van der Waals surface area contributed by atoms with Gasteiger partial charge < -0.3 is 14.2 Å². The first-order valence-corrected chi connectivity index (χ1v) is 10.6. The third kappa shape index (κ3) is 3.58. The molecule has 4 bridgehead atoms. The van der Waals surface area contributed by atoms with Gasteiger partial charge in [0, 0.05) is 18.7 Å². The minimum absolute atomic E-state index is 0.192. The number of hydrogen-bond acceptors (Lipinski definition) is 4. The van der Waals surface area contributed by atoms with Gasteiger partial charge in [0.1, 0.15) is 5.75 Å². The molecule has 0 N–H and O–H groups in total. The van der Waals surface area contributed by atoms with Crippen LogP contribution in [-0.4, -0.2) is 20.2 Å². The normalized spacial score (nSPS) is 32.2. The van der Waals surface area contributed by atoms with Crippen molar-refractivity contribution in [1.82, 2.24) is 0 Å². The number of benzene rings is 1. The summed E-state index contributed by atoms with van der Waals surface area (Å²) in [5, 5.41) is 9.08. The van der Waals surface area contributed by atoms with Gasteiger partial charge in [-0.05, 0) is 98.8 Å². The first kappa shape index (κ1) is 19.5. The van der Waals surface area contributed by atoms with Crippen molar-refractivity contribution in [2.24, 2.45) is 17.8 Å². The number of methoxy groups -OCH3 is 1. The van der Waals surface area contributed by atoms with Crippen LogP contribution in [-0.2, 0) is 14.9 Å². The van der Waals surface area contributed by atoms with Crippen LogP contribution in [0.1, 0.15) is 63.5 Å². The quantitative estimate of drug-likeness (QED) is 0.467. The zero-order valence-electron chi connectivity index (χ0n) is 17.2. The van der Waals surface area contributed by atoms with Crippen LogP contribution in [0.15, 0.2) is 24.3 Å². The topological polar surface area (TPSA) is 51.5 Å². The molecule has 0 spiro atoms. The lowest BCUT2D eigenvalue weighted by Gasteiger charge is -2.57. The summed E-state index contributed by atoms with van der Waals surface area (Å²) in [4.78, 5) is 0. The molecule has 1 atom stereocenters. The summed E-state index contributed by atoms with van der Waals surface area (Å²) >= 11 is 0. The van der Waals surface area contributed by atoms with Gasteiger partial charge in [0.15, 0.2) is 0 Å². The summed E-state index contributed by atoms with van der Waals surface area (Å²) in [5.74, 6) is 3.42. The molecule has 0 radical (unpaired) electrons. The van der Waals surface area contributed by atoms with E-state index in [1.165, 1.54) is 44.1 Å². The first-order valence-electron chi connectivity index (χ1n) is 10.6. The van der Waals surface area contributed by atoms with Gasteiger partial charge in [0.25, 0.3) is 0 Å². The van der Waals surface area contributed by atoms with Gasteiger partial charge in [-0.1, -0.05) is 6.07 Å². The van der Waals surface area contributed by atoms with Gasteiger partial charge in [-0.15, -0.1) is 0 Å². The minimum Gasteiger partial charge on any atom is -0.441 e. The van der Waals surface area contributed by atoms with E-state index in [1.54, 1.807) is 13.2 Å². The third-order valence-corrected chi connectivity index (χ3v) is 7.04. The predicted octanol–water partition coefficient (Wildman–Crippen LogP) is 5.43. The standard InChI is InChI=1S/C24H31NO3/c1-4-27-23(26-3)28-22-6-5-20(16(2)7-8-25)12-21(22)24-13-17-9-18(14-24)11-19(10-17)15-24/h5-7,12,17-19,23H,4,9-11,13-15H2,1-3H3. The van der Waals surface area contributed by atoms with E-state index in [4.69, 9.17) is 19.5 Å². The Balaban J connectivity index is 1.75. The number of hydrogen-bond donors (Lipinski definition) is 0.